The summed E-state index contributed by atoms with van der Waals surface area (Å²) in [4.78, 5) is 14.5. The largest absolute Gasteiger partial charge is 0.341 e. The zero-order valence-electron chi connectivity index (χ0n) is 15.6. The monoisotopic (exact) mass is 378 g/mol. The summed E-state index contributed by atoms with van der Waals surface area (Å²) in [6, 6.07) is 6.47. The topological polar surface area (TPSA) is 66.5 Å². The molecule has 0 radical (unpaired) electrons. The second-order valence-corrected chi connectivity index (χ2v) is 9.35. The lowest BCUT2D eigenvalue weighted by Gasteiger charge is -2.29. The lowest BCUT2D eigenvalue weighted by molar-refractivity contribution is -0.133. The van der Waals surface area contributed by atoms with Crippen molar-refractivity contribution < 1.29 is 13.2 Å². The Hall–Kier alpha value is -1.40. The summed E-state index contributed by atoms with van der Waals surface area (Å²) < 4.78 is 27.8. The molecule has 1 N–H and O–H groups in total. The average molecular weight is 379 g/mol. The van der Waals surface area contributed by atoms with E-state index in [2.05, 4.69) is 4.72 Å². The summed E-state index contributed by atoms with van der Waals surface area (Å²) in [5.74, 6) is 0.417. The molecule has 3 rings (SSSR count). The van der Waals surface area contributed by atoms with E-state index in [0.717, 1.165) is 32.4 Å². The summed E-state index contributed by atoms with van der Waals surface area (Å²) in [6.07, 6.45) is 9.30. The van der Waals surface area contributed by atoms with Gasteiger partial charge in [-0.05, 0) is 62.6 Å². The number of hydrogen-bond acceptors (Lipinski definition) is 3. The molecule has 1 heterocycles. The van der Waals surface area contributed by atoms with Gasteiger partial charge < -0.3 is 4.90 Å². The van der Waals surface area contributed by atoms with E-state index in [1.165, 1.54) is 37.7 Å². The van der Waals surface area contributed by atoms with E-state index in [9.17, 15) is 13.2 Å². The Bertz CT molecular complexity index is 703. The van der Waals surface area contributed by atoms with E-state index in [1.54, 1.807) is 24.0 Å². The van der Waals surface area contributed by atoms with Gasteiger partial charge in [0.1, 0.15) is 0 Å². The van der Waals surface area contributed by atoms with E-state index in [1.807, 2.05) is 12.1 Å². The molecule has 1 aliphatic carbocycles. The summed E-state index contributed by atoms with van der Waals surface area (Å²) >= 11 is 0. The van der Waals surface area contributed by atoms with Crippen molar-refractivity contribution in [1.82, 2.24) is 9.62 Å². The Morgan fingerprint density at radius 1 is 1.00 bits per heavy atom. The van der Waals surface area contributed by atoms with Crippen LogP contribution in [0.4, 0.5) is 0 Å². The van der Waals surface area contributed by atoms with Gasteiger partial charge in [-0.25, -0.2) is 8.42 Å². The third kappa shape index (κ3) is 4.65. The van der Waals surface area contributed by atoms with Gasteiger partial charge in [-0.1, -0.05) is 31.4 Å². The van der Waals surface area contributed by atoms with E-state index in [4.69, 9.17) is 0 Å². The highest BCUT2D eigenvalue weighted by atomic mass is 32.2. The Labute approximate surface area is 157 Å². The highest BCUT2D eigenvalue weighted by Crippen LogP contribution is 2.32. The van der Waals surface area contributed by atoms with Crippen LogP contribution in [-0.2, 0) is 14.8 Å². The van der Waals surface area contributed by atoms with Gasteiger partial charge in [0.15, 0.2) is 0 Å². The lowest BCUT2D eigenvalue weighted by atomic mass is 9.84. The molecule has 1 saturated heterocycles. The number of nitrogens with zero attached hydrogens (tertiary/aromatic N) is 1. The molecule has 1 aromatic carbocycles. The molecule has 1 unspecified atom stereocenters. The SMILES string of the molecule is CC(NS(=O)(=O)c1ccc(C2CCCCC2)cc1)C(=O)N1CCCCC1. The van der Waals surface area contributed by atoms with Gasteiger partial charge in [0.2, 0.25) is 15.9 Å². The maximum atomic E-state index is 12.6. The number of benzene rings is 1. The smallest absolute Gasteiger partial charge is 0.241 e. The Balaban J connectivity index is 1.64. The third-order valence-electron chi connectivity index (χ3n) is 5.64. The molecule has 1 atom stereocenters. The molecule has 2 fully saturated rings. The van der Waals surface area contributed by atoms with Gasteiger partial charge in [-0.3, -0.25) is 4.79 Å². The minimum atomic E-state index is -3.69. The minimum absolute atomic E-state index is 0.132. The average Bonchev–Trinajstić information content (AvgIpc) is 2.68. The predicted octanol–water partition coefficient (Wildman–Crippen LogP) is 3.41. The molecule has 1 aromatic rings. The van der Waals surface area contributed by atoms with Crippen LogP contribution in [0.15, 0.2) is 29.2 Å². The number of likely N-dealkylation sites (tertiary alicyclic amines) is 1. The van der Waals surface area contributed by atoms with Crippen LogP contribution in [0.5, 0.6) is 0 Å². The molecule has 0 bridgehead atoms. The quantitative estimate of drug-likeness (QED) is 0.854. The Morgan fingerprint density at radius 3 is 2.19 bits per heavy atom. The number of rotatable bonds is 5. The molecule has 26 heavy (non-hydrogen) atoms. The number of nitrogens with one attached hydrogen (secondary N) is 1. The number of hydrogen-bond donors (Lipinski definition) is 1. The lowest BCUT2D eigenvalue weighted by Crippen LogP contribution is -2.48. The molecule has 0 spiro atoms. The van der Waals surface area contributed by atoms with E-state index in [-0.39, 0.29) is 10.8 Å². The molecule has 1 saturated carbocycles. The van der Waals surface area contributed by atoms with Crippen LogP contribution < -0.4 is 4.72 Å². The first-order valence-electron chi connectivity index (χ1n) is 9.88. The van der Waals surface area contributed by atoms with Gasteiger partial charge in [-0.2, -0.15) is 4.72 Å². The van der Waals surface area contributed by atoms with Crippen molar-refractivity contribution in [3.05, 3.63) is 29.8 Å². The summed E-state index contributed by atoms with van der Waals surface area (Å²) in [5, 5.41) is 0. The van der Waals surface area contributed by atoms with Gasteiger partial charge >= 0.3 is 0 Å². The second-order valence-electron chi connectivity index (χ2n) is 7.63. The van der Waals surface area contributed by atoms with Crippen molar-refractivity contribution >= 4 is 15.9 Å². The fourth-order valence-corrected chi connectivity index (χ4v) is 5.29. The fraction of sp³-hybridized carbons (Fsp3) is 0.650. The van der Waals surface area contributed by atoms with Crippen LogP contribution in [0.25, 0.3) is 0 Å². The number of sulfonamides is 1. The predicted molar refractivity (Wildman–Crippen MR) is 102 cm³/mol. The maximum Gasteiger partial charge on any atom is 0.241 e. The molecule has 1 aliphatic heterocycles. The van der Waals surface area contributed by atoms with Gasteiger partial charge in [0.05, 0.1) is 10.9 Å². The summed E-state index contributed by atoms with van der Waals surface area (Å²) in [5.41, 5.74) is 1.22. The molecular formula is C20H30N2O3S. The number of carbonyl (C=O) groups excluding carboxylic acids is 1. The normalized spacial score (nSPS) is 20.7. The first-order chi connectivity index (χ1) is 12.5. The molecular weight excluding hydrogens is 348 g/mol. The van der Waals surface area contributed by atoms with Crippen molar-refractivity contribution in [2.75, 3.05) is 13.1 Å². The zero-order valence-corrected chi connectivity index (χ0v) is 16.4. The van der Waals surface area contributed by atoms with E-state index < -0.39 is 16.1 Å². The summed E-state index contributed by atoms with van der Waals surface area (Å²) in [7, 11) is -3.69. The van der Waals surface area contributed by atoms with Gasteiger partial charge in [0.25, 0.3) is 0 Å². The Kier molecular flexibility index (Phi) is 6.35. The molecule has 5 nitrogen and oxygen atoms in total. The van der Waals surface area contributed by atoms with Crippen molar-refractivity contribution in [1.29, 1.82) is 0 Å². The van der Waals surface area contributed by atoms with Crippen molar-refractivity contribution in [3.63, 3.8) is 0 Å². The van der Waals surface area contributed by atoms with E-state index in [0.29, 0.717) is 5.92 Å². The number of amides is 1. The fourth-order valence-electron chi connectivity index (χ4n) is 4.09. The number of carbonyl (C=O) groups is 1. The van der Waals surface area contributed by atoms with Crippen LogP contribution in [0.3, 0.4) is 0 Å². The zero-order chi connectivity index (χ0) is 18.6. The van der Waals surface area contributed by atoms with Crippen molar-refractivity contribution in [2.45, 2.75) is 75.1 Å². The molecule has 1 amide bonds. The van der Waals surface area contributed by atoms with Gasteiger partial charge in [0, 0.05) is 13.1 Å². The van der Waals surface area contributed by atoms with Crippen molar-refractivity contribution in [3.8, 4) is 0 Å². The molecule has 6 heteroatoms. The molecule has 144 valence electrons. The van der Waals surface area contributed by atoms with Crippen LogP contribution in [-0.4, -0.2) is 38.4 Å². The first kappa shape index (κ1) is 19.4. The third-order valence-corrected chi connectivity index (χ3v) is 7.19. The first-order valence-corrected chi connectivity index (χ1v) is 11.4. The van der Waals surface area contributed by atoms with Crippen LogP contribution >= 0.6 is 0 Å². The van der Waals surface area contributed by atoms with Crippen LogP contribution in [0, 0.1) is 0 Å². The van der Waals surface area contributed by atoms with E-state index >= 15 is 0 Å². The standard InChI is InChI=1S/C20H30N2O3S/c1-16(20(23)22-14-6-3-7-15-22)21-26(24,25)19-12-10-18(11-13-19)17-8-4-2-5-9-17/h10-13,16-17,21H,2-9,14-15H2,1H3. The molecule has 2 aliphatic rings. The van der Waals surface area contributed by atoms with Crippen LogP contribution in [0.2, 0.25) is 0 Å². The maximum absolute atomic E-state index is 12.6. The number of piperidine rings is 1. The highest BCUT2D eigenvalue weighted by Gasteiger charge is 2.27. The second kappa shape index (κ2) is 8.53. The highest BCUT2D eigenvalue weighted by molar-refractivity contribution is 7.89. The summed E-state index contributed by atoms with van der Waals surface area (Å²) in [6.45, 7) is 3.08. The van der Waals surface area contributed by atoms with Crippen LogP contribution in [0.1, 0.15) is 69.8 Å². The molecule has 0 aromatic heterocycles. The minimum Gasteiger partial charge on any atom is -0.341 e. The van der Waals surface area contributed by atoms with Crippen molar-refractivity contribution in [2.24, 2.45) is 0 Å². The van der Waals surface area contributed by atoms with Gasteiger partial charge in [-0.15, -0.1) is 0 Å². The Morgan fingerprint density at radius 2 is 1.58 bits per heavy atom.